The minimum Gasteiger partial charge on any atom is -0.396 e. The van der Waals surface area contributed by atoms with Crippen molar-refractivity contribution >= 4 is 22.6 Å². The van der Waals surface area contributed by atoms with Crippen molar-refractivity contribution in [1.82, 2.24) is 4.90 Å². The molecule has 1 aliphatic rings. The number of hydrogen-bond donors (Lipinski definition) is 1. The number of aliphatic hydroxyl groups excluding tert-OH is 1. The van der Waals surface area contributed by atoms with E-state index < -0.39 is 0 Å². The van der Waals surface area contributed by atoms with Gasteiger partial charge in [-0.1, -0.05) is 5.92 Å². The van der Waals surface area contributed by atoms with E-state index in [0.29, 0.717) is 12.5 Å². The number of likely N-dealkylation sites (tertiary alicyclic amines) is 1. The van der Waals surface area contributed by atoms with Crippen molar-refractivity contribution in [2.24, 2.45) is 5.92 Å². The van der Waals surface area contributed by atoms with Gasteiger partial charge in [-0.25, -0.2) is 0 Å². The molecule has 0 aromatic heterocycles. The maximum Gasteiger partial charge on any atom is 0.0609 e. The van der Waals surface area contributed by atoms with E-state index in [9.17, 15) is 0 Å². The molecule has 0 aromatic rings. The first-order valence-corrected chi connectivity index (χ1v) is 5.36. The monoisotopic (exact) mass is 279 g/mol. The lowest BCUT2D eigenvalue weighted by Gasteiger charge is -2.29. The van der Waals surface area contributed by atoms with Gasteiger partial charge in [-0.05, 0) is 35.8 Å². The highest BCUT2D eigenvalue weighted by molar-refractivity contribution is 14.1. The van der Waals surface area contributed by atoms with Gasteiger partial charge in [0.2, 0.25) is 0 Å². The van der Waals surface area contributed by atoms with Crippen LogP contribution in [0, 0.1) is 15.8 Å². The van der Waals surface area contributed by atoms with Crippen molar-refractivity contribution in [1.29, 1.82) is 0 Å². The van der Waals surface area contributed by atoms with Crippen LogP contribution in [0.5, 0.6) is 0 Å². The zero-order valence-corrected chi connectivity index (χ0v) is 9.25. The van der Waals surface area contributed by atoms with E-state index in [-0.39, 0.29) is 0 Å². The Labute approximate surface area is 87.5 Å². The smallest absolute Gasteiger partial charge is 0.0609 e. The summed E-state index contributed by atoms with van der Waals surface area (Å²) in [6.07, 6.45) is 2.25. The topological polar surface area (TPSA) is 23.5 Å². The molecule has 0 saturated carbocycles. The van der Waals surface area contributed by atoms with Gasteiger partial charge >= 0.3 is 0 Å². The van der Waals surface area contributed by atoms with E-state index in [1.807, 2.05) is 0 Å². The maximum absolute atomic E-state index is 8.91. The van der Waals surface area contributed by atoms with Gasteiger partial charge in [0.15, 0.2) is 0 Å². The molecular weight excluding hydrogens is 265 g/mol. The number of rotatable bonds is 2. The summed E-state index contributed by atoms with van der Waals surface area (Å²) < 4.78 is 2.87. The highest BCUT2D eigenvalue weighted by atomic mass is 127. The molecule has 1 fully saturated rings. The summed E-state index contributed by atoms with van der Waals surface area (Å²) in [5.74, 6) is 3.59. The molecule has 0 aliphatic carbocycles. The Morgan fingerprint density at radius 2 is 2.08 bits per heavy atom. The van der Waals surface area contributed by atoms with Crippen LogP contribution in [0.4, 0.5) is 0 Å². The SMILES string of the molecule is OCC1CCN(CC#CI)CC1. The Kier molecular flexibility index (Phi) is 4.96. The number of halogens is 1. The molecule has 0 radical (unpaired) electrons. The lowest BCUT2D eigenvalue weighted by atomic mass is 9.98. The van der Waals surface area contributed by atoms with Gasteiger partial charge in [0.05, 0.1) is 6.54 Å². The van der Waals surface area contributed by atoms with Gasteiger partial charge in [-0.2, -0.15) is 0 Å². The van der Waals surface area contributed by atoms with Crippen LogP contribution in [-0.2, 0) is 0 Å². The summed E-state index contributed by atoms with van der Waals surface area (Å²) in [5.41, 5.74) is 0. The molecule has 2 nitrogen and oxygen atoms in total. The standard InChI is InChI=1S/C9H14INO/c10-4-1-5-11-6-2-9(8-12)3-7-11/h9,12H,2-3,5-8H2. The second-order valence-electron chi connectivity index (χ2n) is 3.17. The predicted octanol–water partition coefficient (Wildman–Crippen LogP) is 1.09. The van der Waals surface area contributed by atoms with E-state index in [2.05, 4.69) is 37.3 Å². The van der Waals surface area contributed by atoms with Crippen molar-refractivity contribution in [3.05, 3.63) is 0 Å². The summed E-state index contributed by atoms with van der Waals surface area (Å²) in [6, 6.07) is 0. The lowest BCUT2D eigenvalue weighted by molar-refractivity contribution is 0.141. The van der Waals surface area contributed by atoms with Crippen LogP contribution in [-0.4, -0.2) is 36.2 Å². The zero-order valence-electron chi connectivity index (χ0n) is 7.09. The molecule has 1 saturated heterocycles. The zero-order chi connectivity index (χ0) is 8.81. The molecule has 68 valence electrons. The molecule has 12 heavy (non-hydrogen) atoms. The average molecular weight is 279 g/mol. The van der Waals surface area contributed by atoms with Gasteiger partial charge in [0.25, 0.3) is 0 Å². The van der Waals surface area contributed by atoms with Crippen molar-refractivity contribution in [2.75, 3.05) is 26.2 Å². The molecule has 0 aromatic carbocycles. The molecule has 0 spiro atoms. The van der Waals surface area contributed by atoms with Crippen LogP contribution >= 0.6 is 22.6 Å². The van der Waals surface area contributed by atoms with Gasteiger partial charge < -0.3 is 5.11 Å². The van der Waals surface area contributed by atoms with Crippen molar-refractivity contribution < 1.29 is 5.11 Å². The Hall–Kier alpha value is 0.210. The van der Waals surface area contributed by atoms with E-state index in [1.165, 1.54) is 0 Å². The van der Waals surface area contributed by atoms with Crippen molar-refractivity contribution in [2.45, 2.75) is 12.8 Å². The van der Waals surface area contributed by atoms with E-state index in [4.69, 9.17) is 5.11 Å². The van der Waals surface area contributed by atoms with Gasteiger partial charge in [-0.15, -0.1) is 0 Å². The second kappa shape index (κ2) is 5.79. The Morgan fingerprint density at radius 3 is 2.58 bits per heavy atom. The van der Waals surface area contributed by atoms with Gasteiger partial charge in [0.1, 0.15) is 0 Å². The summed E-state index contributed by atoms with van der Waals surface area (Å²) >= 11 is 2.07. The second-order valence-corrected chi connectivity index (χ2v) is 3.71. The normalized spacial score (nSPS) is 20.2. The first-order chi connectivity index (χ1) is 5.86. The fraction of sp³-hybridized carbons (Fsp3) is 0.778. The van der Waals surface area contributed by atoms with Crippen LogP contribution in [0.2, 0.25) is 0 Å². The summed E-state index contributed by atoms with van der Waals surface area (Å²) in [5, 5.41) is 8.91. The summed E-state index contributed by atoms with van der Waals surface area (Å²) in [4.78, 5) is 2.35. The molecule has 0 atom stereocenters. The summed E-state index contributed by atoms with van der Waals surface area (Å²) in [7, 11) is 0. The fourth-order valence-electron chi connectivity index (χ4n) is 1.47. The van der Waals surface area contributed by atoms with Gasteiger partial charge in [0, 0.05) is 29.2 Å². The minimum absolute atomic E-state index is 0.353. The maximum atomic E-state index is 8.91. The summed E-state index contributed by atoms with van der Waals surface area (Å²) in [6.45, 7) is 3.43. The third kappa shape index (κ3) is 3.30. The molecular formula is C9H14INO. The van der Waals surface area contributed by atoms with Crippen LogP contribution in [0.3, 0.4) is 0 Å². The number of hydrogen-bond acceptors (Lipinski definition) is 2. The molecule has 0 unspecified atom stereocenters. The van der Waals surface area contributed by atoms with Crippen LogP contribution < -0.4 is 0 Å². The predicted molar refractivity (Wildman–Crippen MR) is 58.0 cm³/mol. The Bertz CT molecular complexity index is 177. The molecule has 0 bridgehead atoms. The average Bonchev–Trinajstić information content (AvgIpc) is 2.15. The van der Waals surface area contributed by atoms with Crippen LogP contribution in [0.25, 0.3) is 0 Å². The molecule has 1 heterocycles. The van der Waals surface area contributed by atoms with Crippen LogP contribution in [0.1, 0.15) is 12.8 Å². The minimum atomic E-state index is 0.353. The molecule has 0 amide bonds. The quantitative estimate of drug-likeness (QED) is 0.604. The van der Waals surface area contributed by atoms with E-state index in [0.717, 1.165) is 32.5 Å². The molecule has 1 rings (SSSR count). The highest BCUT2D eigenvalue weighted by Gasteiger charge is 2.16. The Morgan fingerprint density at radius 1 is 1.42 bits per heavy atom. The number of nitrogens with zero attached hydrogens (tertiary/aromatic N) is 1. The lowest BCUT2D eigenvalue weighted by Crippen LogP contribution is -2.34. The van der Waals surface area contributed by atoms with E-state index >= 15 is 0 Å². The van der Waals surface area contributed by atoms with Crippen LogP contribution in [0.15, 0.2) is 0 Å². The third-order valence-electron chi connectivity index (χ3n) is 2.33. The van der Waals surface area contributed by atoms with E-state index in [1.54, 1.807) is 0 Å². The third-order valence-corrected chi connectivity index (χ3v) is 2.72. The van der Waals surface area contributed by atoms with Gasteiger partial charge in [-0.3, -0.25) is 4.90 Å². The highest BCUT2D eigenvalue weighted by Crippen LogP contribution is 2.15. The first kappa shape index (κ1) is 10.3. The first-order valence-electron chi connectivity index (χ1n) is 4.28. The largest absolute Gasteiger partial charge is 0.396 e. The Balaban J connectivity index is 2.20. The fourth-order valence-corrected chi connectivity index (χ4v) is 1.64. The van der Waals surface area contributed by atoms with Crippen molar-refractivity contribution in [3.8, 4) is 9.85 Å². The number of piperidine rings is 1. The molecule has 1 aliphatic heterocycles. The van der Waals surface area contributed by atoms with Crippen molar-refractivity contribution in [3.63, 3.8) is 0 Å². The molecule has 1 N–H and O–H groups in total. The number of aliphatic hydroxyl groups is 1. The molecule has 3 heteroatoms.